The number of hydrogen-bond acceptors (Lipinski definition) is 3. The lowest BCUT2D eigenvalue weighted by atomic mass is 9.54. The van der Waals surface area contributed by atoms with Crippen LogP contribution in [-0.4, -0.2) is 36.3 Å². The molecular formula is C19H26N2O2S. The van der Waals surface area contributed by atoms with Gasteiger partial charge in [0.25, 0.3) is 5.91 Å². The summed E-state index contributed by atoms with van der Waals surface area (Å²) < 4.78 is 0. The van der Waals surface area contributed by atoms with E-state index >= 15 is 0 Å². The van der Waals surface area contributed by atoms with E-state index in [1.807, 2.05) is 28.8 Å². The van der Waals surface area contributed by atoms with E-state index < -0.39 is 0 Å². The molecule has 1 heterocycles. The van der Waals surface area contributed by atoms with E-state index in [1.54, 1.807) is 0 Å². The second-order valence-corrected chi connectivity index (χ2v) is 8.72. The number of hydrogen-bond donors (Lipinski definition) is 1. The lowest BCUT2D eigenvalue weighted by molar-refractivity contribution is -0.140. The predicted molar refractivity (Wildman–Crippen MR) is 94.9 cm³/mol. The molecule has 4 aliphatic rings. The number of carbonyl (C=O) groups excluding carboxylic acids is 2. The monoisotopic (exact) mass is 346 g/mol. The lowest BCUT2D eigenvalue weighted by Crippen LogP contribution is -2.56. The molecule has 1 aromatic heterocycles. The van der Waals surface area contributed by atoms with Crippen molar-refractivity contribution in [2.75, 3.05) is 13.6 Å². The van der Waals surface area contributed by atoms with Crippen molar-refractivity contribution < 1.29 is 9.59 Å². The van der Waals surface area contributed by atoms with Crippen molar-refractivity contribution >= 4 is 23.2 Å². The minimum Gasteiger partial charge on any atom is -0.351 e. The highest BCUT2D eigenvalue weighted by molar-refractivity contribution is 7.08. The number of carbonyl (C=O) groups is 2. The molecule has 4 saturated carbocycles. The van der Waals surface area contributed by atoms with Gasteiger partial charge in [0.1, 0.15) is 0 Å². The highest BCUT2D eigenvalue weighted by atomic mass is 32.1. The summed E-state index contributed by atoms with van der Waals surface area (Å²) in [5.74, 6) is 3.39. The molecule has 2 amide bonds. The Labute approximate surface area is 147 Å². The zero-order chi connectivity index (χ0) is 16.7. The molecule has 1 N–H and O–H groups in total. The van der Waals surface area contributed by atoms with Crippen LogP contribution in [0.1, 0.15) is 48.9 Å². The zero-order valence-corrected chi connectivity index (χ0v) is 15.1. The lowest BCUT2D eigenvalue weighted by Gasteiger charge is -2.56. The smallest absolute Gasteiger partial charge is 0.252 e. The molecule has 0 unspecified atom stereocenters. The Morgan fingerprint density at radius 1 is 1.17 bits per heavy atom. The van der Waals surface area contributed by atoms with Crippen molar-refractivity contribution in [2.45, 2.75) is 44.6 Å². The Bertz CT molecular complexity index is 585. The first kappa shape index (κ1) is 16.1. The summed E-state index contributed by atoms with van der Waals surface area (Å²) in [5, 5.41) is 6.58. The Hall–Kier alpha value is -1.36. The van der Waals surface area contributed by atoms with E-state index in [-0.39, 0.29) is 11.8 Å². The van der Waals surface area contributed by atoms with Crippen LogP contribution in [0, 0.1) is 23.7 Å². The summed E-state index contributed by atoms with van der Waals surface area (Å²) in [4.78, 5) is 26.6. The Morgan fingerprint density at radius 2 is 1.83 bits per heavy atom. The zero-order valence-electron chi connectivity index (χ0n) is 14.2. The van der Waals surface area contributed by atoms with Crippen molar-refractivity contribution in [1.29, 1.82) is 0 Å². The van der Waals surface area contributed by atoms with Gasteiger partial charge >= 0.3 is 0 Å². The van der Waals surface area contributed by atoms with Crippen LogP contribution >= 0.6 is 11.3 Å². The molecule has 0 aliphatic heterocycles. The van der Waals surface area contributed by atoms with E-state index in [0.717, 1.165) is 23.7 Å². The maximum absolute atomic E-state index is 12.6. The number of nitrogens with one attached hydrogen (secondary N) is 1. The summed E-state index contributed by atoms with van der Waals surface area (Å²) in [7, 11) is 1.98. The van der Waals surface area contributed by atoms with E-state index in [9.17, 15) is 9.59 Å². The van der Waals surface area contributed by atoms with Crippen LogP contribution in [0.4, 0.5) is 0 Å². The van der Waals surface area contributed by atoms with Crippen molar-refractivity contribution in [2.24, 2.45) is 23.7 Å². The average Bonchev–Trinajstić information content (AvgIpc) is 3.08. The number of nitrogens with zero attached hydrogens (tertiary/aromatic N) is 1. The third-order valence-electron chi connectivity index (χ3n) is 6.43. The molecule has 4 nitrogen and oxygen atoms in total. The van der Waals surface area contributed by atoms with Gasteiger partial charge in [-0.2, -0.15) is 11.3 Å². The number of rotatable bonds is 5. The largest absolute Gasteiger partial charge is 0.351 e. The number of amides is 2. The second kappa shape index (κ2) is 6.51. The molecule has 130 valence electrons. The summed E-state index contributed by atoms with van der Waals surface area (Å²) in [6.45, 7) is 0.422. The molecule has 4 bridgehead atoms. The van der Waals surface area contributed by atoms with Crippen LogP contribution in [0.5, 0.6) is 0 Å². The highest BCUT2D eigenvalue weighted by Gasteiger charge is 2.50. The summed E-state index contributed by atoms with van der Waals surface area (Å²) in [5.41, 5.74) is 0.682. The van der Waals surface area contributed by atoms with E-state index in [0.29, 0.717) is 24.6 Å². The van der Waals surface area contributed by atoms with Crippen molar-refractivity contribution in [3.05, 3.63) is 22.4 Å². The minimum absolute atomic E-state index is 0.0821. The van der Waals surface area contributed by atoms with Gasteiger partial charge in [-0.15, -0.1) is 0 Å². The Kier molecular flexibility index (Phi) is 4.37. The van der Waals surface area contributed by atoms with Gasteiger partial charge in [0, 0.05) is 37.0 Å². The first-order chi connectivity index (χ1) is 11.6. The Balaban J connectivity index is 1.29. The van der Waals surface area contributed by atoms with Gasteiger partial charge in [-0.25, -0.2) is 0 Å². The van der Waals surface area contributed by atoms with Crippen LogP contribution in [-0.2, 0) is 4.79 Å². The number of thiophene rings is 1. The van der Waals surface area contributed by atoms with Crippen LogP contribution in [0.3, 0.4) is 0 Å². The fourth-order valence-electron chi connectivity index (χ4n) is 5.65. The van der Waals surface area contributed by atoms with Gasteiger partial charge in [0.05, 0.1) is 0 Å². The maximum atomic E-state index is 12.6. The predicted octanol–water partition coefficient (Wildman–Crippen LogP) is 3.15. The molecule has 4 aliphatic carbocycles. The summed E-state index contributed by atoms with van der Waals surface area (Å²) >= 11 is 1.51. The van der Waals surface area contributed by atoms with Crippen LogP contribution in [0.2, 0.25) is 0 Å². The molecule has 5 heteroatoms. The minimum atomic E-state index is -0.0821. The molecule has 5 rings (SSSR count). The standard InChI is InChI=1S/C19H26N2O2S/c1-21(17(22)2-4-20-19(23)14-3-5-24-11-14)18-15-7-12-6-13(9-15)10-16(18)8-12/h3,5,11-13,15-16,18H,2,4,6-10H2,1H3,(H,20,23). The van der Waals surface area contributed by atoms with Crippen molar-refractivity contribution in [1.82, 2.24) is 10.2 Å². The first-order valence-electron chi connectivity index (χ1n) is 9.18. The van der Waals surface area contributed by atoms with Gasteiger partial charge in [-0.05, 0) is 67.2 Å². The summed E-state index contributed by atoms with van der Waals surface area (Å²) in [6, 6.07) is 2.25. The molecule has 0 saturated heterocycles. The first-order valence-corrected chi connectivity index (χ1v) is 10.1. The van der Waals surface area contributed by atoms with Gasteiger partial charge in [0.15, 0.2) is 0 Å². The normalized spacial score (nSPS) is 33.5. The van der Waals surface area contributed by atoms with Crippen LogP contribution in [0.25, 0.3) is 0 Å². The quantitative estimate of drug-likeness (QED) is 0.890. The van der Waals surface area contributed by atoms with Gasteiger partial charge in [-0.1, -0.05) is 0 Å². The van der Waals surface area contributed by atoms with Gasteiger partial charge in [-0.3, -0.25) is 9.59 Å². The SMILES string of the molecule is CN(C(=O)CCNC(=O)c1ccsc1)C1C2CC3CC(C2)CC1C3. The topological polar surface area (TPSA) is 49.4 Å². The van der Waals surface area contributed by atoms with Crippen LogP contribution in [0.15, 0.2) is 16.8 Å². The third-order valence-corrected chi connectivity index (χ3v) is 7.11. The molecule has 0 aromatic carbocycles. The Morgan fingerprint density at radius 3 is 2.42 bits per heavy atom. The average molecular weight is 346 g/mol. The van der Waals surface area contributed by atoms with Crippen LogP contribution < -0.4 is 5.32 Å². The fraction of sp³-hybridized carbons (Fsp3) is 0.684. The van der Waals surface area contributed by atoms with Gasteiger partial charge < -0.3 is 10.2 Å². The molecular weight excluding hydrogens is 320 g/mol. The van der Waals surface area contributed by atoms with E-state index in [1.165, 1.54) is 43.4 Å². The molecule has 0 atom stereocenters. The highest BCUT2D eigenvalue weighted by Crippen LogP contribution is 2.54. The molecule has 0 spiro atoms. The summed E-state index contributed by atoms with van der Waals surface area (Å²) in [6.07, 6.45) is 7.13. The second-order valence-electron chi connectivity index (χ2n) is 7.94. The van der Waals surface area contributed by atoms with E-state index in [4.69, 9.17) is 0 Å². The van der Waals surface area contributed by atoms with Crippen molar-refractivity contribution in [3.63, 3.8) is 0 Å². The molecule has 4 fully saturated rings. The third kappa shape index (κ3) is 2.99. The van der Waals surface area contributed by atoms with Crippen molar-refractivity contribution in [3.8, 4) is 0 Å². The van der Waals surface area contributed by atoms with E-state index in [2.05, 4.69) is 5.32 Å². The fourth-order valence-corrected chi connectivity index (χ4v) is 6.29. The molecule has 0 radical (unpaired) electrons. The van der Waals surface area contributed by atoms with Gasteiger partial charge in [0.2, 0.25) is 5.91 Å². The maximum Gasteiger partial charge on any atom is 0.252 e. The molecule has 24 heavy (non-hydrogen) atoms. The molecule has 1 aromatic rings.